The standard InChI is InChI=1S/C6H10.2C2H6.C2H4/c1-6-4-2-3-5-6;3*1-2/h1-5H2;2*1-2H3;1-2H2. The van der Waals surface area contributed by atoms with Gasteiger partial charge in [0, 0.05) is 0 Å². The first kappa shape index (κ1) is 17.5. The molecule has 0 aromatic carbocycles. The van der Waals surface area contributed by atoms with Crippen molar-refractivity contribution in [3.63, 3.8) is 0 Å². The quantitative estimate of drug-likeness (QED) is 0.450. The minimum atomic E-state index is 1.29. The van der Waals surface area contributed by atoms with Crippen LogP contribution in [0.5, 0.6) is 0 Å². The van der Waals surface area contributed by atoms with Crippen molar-refractivity contribution in [3.8, 4) is 0 Å². The summed E-state index contributed by atoms with van der Waals surface area (Å²) in [6.45, 7) is 17.9. The summed E-state index contributed by atoms with van der Waals surface area (Å²) in [5.41, 5.74) is 1.45. The highest BCUT2D eigenvalue weighted by atomic mass is 14.1. The Labute approximate surface area is 79.4 Å². The molecule has 0 aromatic rings. The zero-order valence-corrected chi connectivity index (χ0v) is 9.45. The highest BCUT2D eigenvalue weighted by molar-refractivity contribution is 4.98. The Kier molecular flexibility index (Phi) is 32.8. The van der Waals surface area contributed by atoms with Crippen LogP contribution in [0.25, 0.3) is 0 Å². The van der Waals surface area contributed by atoms with Crippen LogP contribution in [-0.2, 0) is 0 Å². The molecule has 1 aliphatic carbocycles. The Morgan fingerprint density at radius 1 is 0.833 bits per heavy atom. The van der Waals surface area contributed by atoms with E-state index in [1.807, 2.05) is 27.7 Å². The van der Waals surface area contributed by atoms with Crippen molar-refractivity contribution >= 4 is 0 Å². The minimum absolute atomic E-state index is 1.29. The molecule has 0 aromatic heterocycles. The maximum absolute atomic E-state index is 3.85. The van der Waals surface area contributed by atoms with E-state index in [4.69, 9.17) is 0 Å². The van der Waals surface area contributed by atoms with Gasteiger partial charge in [-0.3, -0.25) is 0 Å². The van der Waals surface area contributed by atoms with E-state index < -0.39 is 0 Å². The molecule has 0 heteroatoms. The molecule has 0 amide bonds. The molecule has 0 unspecified atom stereocenters. The maximum Gasteiger partial charge on any atom is -0.0323 e. The number of hydrogen-bond donors (Lipinski definition) is 0. The summed E-state index contributed by atoms with van der Waals surface area (Å²) in [6, 6.07) is 0. The van der Waals surface area contributed by atoms with E-state index in [2.05, 4.69) is 19.7 Å². The van der Waals surface area contributed by atoms with Crippen LogP contribution in [-0.4, -0.2) is 0 Å². The Morgan fingerprint density at radius 2 is 1.08 bits per heavy atom. The second-order valence-electron chi connectivity index (χ2n) is 1.96. The van der Waals surface area contributed by atoms with Crippen LogP contribution in [0.3, 0.4) is 0 Å². The molecule has 0 bridgehead atoms. The van der Waals surface area contributed by atoms with Gasteiger partial charge in [-0.15, -0.1) is 13.2 Å². The number of hydrogen-bond acceptors (Lipinski definition) is 0. The minimum Gasteiger partial charge on any atom is -0.106 e. The Bertz CT molecular complexity index is 64.1. The molecule has 0 saturated heterocycles. The third-order valence-electron chi connectivity index (χ3n) is 1.31. The Hall–Kier alpha value is -0.520. The molecule has 1 saturated carbocycles. The summed E-state index contributed by atoms with van der Waals surface area (Å²) < 4.78 is 0. The third-order valence-corrected chi connectivity index (χ3v) is 1.31. The van der Waals surface area contributed by atoms with Gasteiger partial charge < -0.3 is 0 Å². The highest BCUT2D eigenvalue weighted by Crippen LogP contribution is 2.20. The van der Waals surface area contributed by atoms with Crippen LogP contribution < -0.4 is 0 Å². The van der Waals surface area contributed by atoms with Crippen LogP contribution in [0.2, 0.25) is 0 Å². The van der Waals surface area contributed by atoms with Crippen molar-refractivity contribution in [1.29, 1.82) is 0 Å². The molecule has 0 N–H and O–H groups in total. The van der Waals surface area contributed by atoms with Crippen LogP contribution in [0, 0.1) is 0 Å². The Balaban J connectivity index is -0.000000117. The van der Waals surface area contributed by atoms with Gasteiger partial charge in [-0.1, -0.05) is 39.8 Å². The van der Waals surface area contributed by atoms with Crippen LogP contribution in [0.4, 0.5) is 0 Å². The van der Waals surface area contributed by atoms with Gasteiger partial charge in [0.1, 0.15) is 0 Å². The SMILES string of the molecule is C=C.C=C1CCCC1.CC.CC. The number of rotatable bonds is 0. The third kappa shape index (κ3) is 16.2. The fraction of sp³-hybridized carbons (Fsp3) is 0.667. The van der Waals surface area contributed by atoms with E-state index in [0.717, 1.165) is 0 Å². The van der Waals surface area contributed by atoms with E-state index in [9.17, 15) is 0 Å². The molecule has 0 heterocycles. The molecular weight excluding hydrogens is 144 g/mol. The number of allylic oxidation sites excluding steroid dienone is 1. The topological polar surface area (TPSA) is 0 Å². The van der Waals surface area contributed by atoms with Gasteiger partial charge in [0.25, 0.3) is 0 Å². The first-order valence-electron chi connectivity index (χ1n) is 5.06. The highest BCUT2D eigenvalue weighted by Gasteiger charge is 2.01. The van der Waals surface area contributed by atoms with Crippen molar-refractivity contribution in [2.45, 2.75) is 53.4 Å². The normalized spacial score (nSPS) is 12.5. The van der Waals surface area contributed by atoms with Crippen molar-refractivity contribution in [2.75, 3.05) is 0 Å². The lowest BCUT2D eigenvalue weighted by molar-refractivity contribution is 0.886. The molecule has 0 nitrogen and oxygen atoms in total. The summed E-state index contributed by atoms with van der Waals surface area (Å²) in [6.07, 6.45) is 5.36. The second-order valence-corrected chi connectivity index (χ2v) is 1.96. The molecule has 1 fully saturated rings. The molecule has 74 valence electrons. The van der Waals surface area contributed by atoms with Crippen molar-refractivity contribution in [2.24, 2.45) is 0 Å². The van der Waals surface area contributed by atoms with E-state index in [1.165, 1.54) is 31.3 Å². The molecule has 1 aliphatic rings. The molecule has 12 heavy (non-hydrogen) atoms. The molecule has 1 rings (SSSR count). The van der Waals surface area contributed by atoms with Crippen molar-refractivity contribution in [3.05, 3.63) is 25.3 Å². The maximum atomic E-state index is 3.85. The van der Waals surface area contributed by atoms with E-state index in [0.29, 0.717) is 0 Å². The van der Waals surface area contributed by atoms with Crippen LogP contribution >= 0.6 is 0 Å². The fourth-order valence-corrected chi connectivity index (χ4v) is 0.875. The first-order chi connectivity index (χ1) is 5.89. The monoisotopic (exact) mass is 170 g/mol. The molecule has 0 atom stereocenters. The fourth-order valence-electron chi connectivity index (χ4n) is 0.875. The largest absolute Gasteiger partial charge is 0.106 e. The lowest BCUT2D eigenvalue weighted by atomic mass is 10.3. The lowest BCUT2D eigenvalue weighted by Gasteiger charge is -1.80. The van der Waals surface area contributed by atoms with E-state index >= 15 is 0 Å². The predicted octanol–water partition coefficient (Wildman–Crippen LogP) is 4.97. The zero-order chi connectivity index (χ0) is 10.4. The second kappa shape index (κ2) is 22.4. The van der Waals surface area contributed by atoms with Gasteiger partial charge in [-0.25, -0.2) is 0 Å². The summed E-state index contributed by atoms with van der Waals surface area (Å²) in [5, 5.41) is 0. The van der Waals surface area contributed by atoms with Gasteiger partial charge in [0.05, 0.1) is 0 Å². The summed E-state index contributed by atoms with van der Waals surface area (Å²) in [7, 11) is 0. The van der Waals surface area contributed by atoms with Crippen molar-refractivity contribution < 1.29 is 0 Å². The van der Waals surface area contributed by atoms with Gasteiger partial charge in [-0.2, -0.15) is 0 Å². The van der Waals surface area contributed by atoms with E-state index in [1.54, 1.807) is 0 Å². The zero-order valence-electron chi connectivity index (χ0n) is 9.45. The van der Waals surface area contributed by atoms with E-state index in [-0.39, 0.29) is 0 Å². The molecule has 0 radical (unpaired) electrons. The summed E-state index contributed by atoms with van der Waals surface area (Å²) in [5.74, 6) is 0. The Morgan fingerprint density at radius 3 is 1.17 bits per heavy atom. The summed E-state index contributed by atoms with van der Waals surface area (Å²) in [4.78, 5) is 0. The lowest BCUT2D eigenvalue weighted by Crippen LogP contribution is -1.59. The molecule has 0 aliphatic heterocycles. The first-order valence-corrected chi connectivity index (χ1v) is 5.06. The smallest absolute Gasteiger partial charge is 0.0323 e. The average Bonchev–Trinajstić information content (AvgIpc) is 2.66. The van der Waals surface area contributed by atoms with Crippen LogP contribution in [0.1, 0.15) is 53.4 Å². The van der Waals surface area contributed by atoms with Gasteiger partial charge in [0.2, 0.25) is 0 Å². The van der Waals surface area contributed by atoms with Gasteiger partial charge in [-0.05, 0) is 25.7 Å². The summed E-state index contributed by atoms with van der Waals surface area (Å²) >= 11 is 0. The van der Waals surface area contributed by atoms with Gasteiger partial charge >= 0.3 is 0 Å². The molecular formula is C12H26. The average molecular weight is 170 g/mol. The van der Waals surface area contributed by atoms with Crippen LogP contribution in [0.15, 0.2) is 25.3 Å². The molecule has 0 spiro atoms. The van der Waals surface area contributed by atoms with Crippen molar-refractivity contribution in [1.82, 2.24) is 0 Å². The van der Waals surface area contributed by atoms with Gasteiger partial charge in [0.15, 0.2) is 0 Å². The predicted molar refractivity (Wildman–Crippen MR) is 61.6 cm³/mol.